The molecular formula is C14H21ClN2O3S. The maximum absolute atomic E-state index is 12.9. The minimum absolute atomic E-state index is 0.132. The van der Waals surface area contributed by atoms with Gasteiger partial charge in [-0.15, -0.1) is 0 Å². The van der Waals surface area contributed by atoms with Crippen LogP contribution in [0.3, 0.4) is 0 Å². The number of likely N-dealkylation sites (N-methyl/N-ethyl adjacent to an activating group) is 1. The fourth-order valence-electron chi connectivity index (χ4n) is 2.74. The van der Waals surface area contributed by atoms with E-state index in [-0.39, 0.29) is 17.5 Å². The minimum atomic E-state index is -3.66. The van der Waals surface area contributed by atoms with Gasteiger partial charge in [0.25, 0.3) is 0 Å². The van der Waals surface area contributed by atoms with Gasteiger partial charge in [0, 0.05) is 24.2 Å². The highest BCUT2D eigenvalue weighted by Gasteiger charge is 2.40. The molecule has 0 amide bonds. The number of sulfonamides is 1. The third-order valence-corrected chi connectivity index (χ3v) is 6.19. The van der Waals surface area contributed by atoms with E-state index in [1.54, 1.807) is 25.1 Å². The second-order valence-electron chi connectivity index (χ2n) is 5.74. The molecule has 1 N–H and O–H groups in total. The van der Waals surface area contributed by atoms with Gasteiger partial charge in [-0.05, 0) is 45.1 Å². The van der Waals surface area contributed by atoms with E-state index < -0.39 is 16.1 Å². The number of benzene rings is 1. The summed E-state index contributed by atoms with van der Waals surface area (Å²) in [5.41, 5.74) is 0.546. The SMILES string of the molecule is Cc1c(Cl)cccc1S(=O)(=O)N1CC(O)CC1CN(C)C. The lowest BCUT2D eigenvalue weighted by Crippen LogP contribution is -2.41. The van der Waals surface area contributed by atoms with Crippen molar-refractivity contribution in [3.05, 3.63) is 28.8 Å². The predicted molar refractivity (Wildman–Crippen MR) is 83.0 cm³/mol. The molecule has 0 saturated carbocycles. The summed E-state index contributed by atoms with van der Waals surface area (Å²) in [6.45, 7) is 2.41. The predicted octanol–water partition coefficient (Wildman–Crippen LogP) is 1.33. The van der Waals surface area contributed by atoms with Crippen molar-refractivity contribution in [2.75, 3.05) is 27.2 Å². The van der Waals surface area contributed by atoms with Crippen LogP contribution in [0, 0.1) is 6.92 Å². The van der Waals surface area contributed by atoms with E-state index in [9.17, 15) is 13.5 Å². The van der Waals surface area contributed by atoms with E-state index >= 15 is 0 Å². The molecule has 0 spiro atoms. The number of hydrogen-bond donors (Lipinski definition) is 1. The van der Waals surface area contributed by atoms with Crippen molar-refractivity contribution < 1.29 is 13.5 Å². The highest BCUT2D eigenvalue weighted by molar-refractivity contribution is 7.89. The van der Waals surface area contributed by atoms with Crippen LogP contribution in [0.15, 0.2) is 23.1 Å². The smallest absolute Gasteiger partial charge is 0.243 e. The molecule has 2 unspecified atom stereocenters. The highest BCUT2D eigenvalue weighted by atomic mass is 35.5. The van der Waals surface area contributed by atoms with Crippen LogP contribution in [0.2, 0.25) is 5.02 Å². The Morgan fingerprint density at radius 1 is 1.43 bits per heavy atom. The van der Waals surface area contributed by atoms with Crippen molar-refractivity contribution in [1.82, 2.24) is 9.21 Å². The van der Waals surface area contributed by atoms with Crippen molar-refractivity contribution in [2.24, 2.45) is 0 Å². The van der Waals surface area contributed by atoms with Crippen LogP contribution in [0.1, 0.15) is 12.0 Å². The maximum Gasteiger partial charge on any atom is 0.243 e. The van der Waals surface area contributed by atoms with Crippen LogP contribution in [-0.2, 0) is 10.0 Å². The van der Waals surface area contributed by atoms with E-state index in [1.165, 1.54) is 4.31 Å². The third-order valence-electron chi connectivity index (χ3n) is 3.72. The Hall–Kier alpha value is -0.660. The molecule has 1 aromatic rings. The maximum atomic E-state index is 12.9. The second-order valence-corrected chi connectivity index (χ2v) is 8.01. The van der Waals surface area contributed by atoms with E-state index in [0.717, 1.165) is 0 Å². The first kappa shape index (κ1) is 16.7. The van der Waals surface area contributed by atoms with Gasteiger partial charge < -0.3 is 10.0 Å². The Morgan fingerprint density at radius 3 is 2.71 bits per heavy atom. The molecule has 2 atom stereocenters. The van der Waals surface area contributed by atoms with E-state index in [4.69, 9.17) is 11.6 Å². The lowest BCUT2D eigenvalue weighted by molar-refractivity contribution is 0.188. The van der Waals surface area contributed by atoms with Crippen molar-refractivity contribution in [2.45, 2.75) is 30.4 Å². The zero-order valence-corrected chi connectivity index (χ0v) is 14.0. The van der Waals surface area contributed by atoms with Gasteiger partial charge in [0.05, 0.1) is 11.0 Å². The van der Waals surface area contributed by atoms with Gasteiger partial charge in [-0.25, -0.2) is 8.42 Å². The molecule has 0 bridgehead atoms. The van der Waals surface area contributed by atoms with Gasteiger partial charge in [-0.1, -0.05) is 17.7 Å². The Balaban J connectivity index is 2.40. The number of β-amino-alcohol motifs (C(OH)–C–C–N with tert-alkyl or cyclic N) is 1. The Kier molecular flexibility index (Phi) is 4.95. The molecule has 7 heteroatoms. The molecule has 2 rings (SSSR count). The lowest BCUT2D eigenvalue weighted by Gasteiger charge is -2.26. The minimum Gasteiger partial charge on any atom is -0.392 e. The summed E-state index contributed by atoms with van der Waals surface area (Å²) in [5.74, 6) is 0. The lowest BCUT2D eigenvalue weighted by atomic mass is 10.2. The molecule has 0 aromatic heterocycles. The summed E-state index contributed by atoms with van der Waals surface area (Å²) in [4.78, 5) is 2.14. The Labute approximate surface area is 131 Å². The molecular weight excluding hydrogens is 312 g/mol. The van der Waals surface area contributed by atoms with Crippen LogP contribution < -0.4 is 0 Å². The quantitative estimate of drug-likeness (QED) is 0.903. The molecule has 5 nitrogen and oxygen atoms in total. The average Bonchev–Trinajstić information content (AvgIpc) is 2.73. The van der Waals surface area contributed by atoms with E-state index in [1.807, 2.05) is 19.0 Å². The first-order valence-corrected chi connectivity index (χ1v) is 8.65. The van der Waals surface area contributed by atoms with Gasteiger partial charge in [-0.3, -0.25) is 0 Å². The molecule has 1 aliphatic rings. The van der Waals surface area contributed by atoms with Crippen molar-refractivity contribution in [3.63, 3.8) is 0 Å². The van der Waals surface area contributed by atoms with E-state index in [0.29, 0.717) is 23.6 Å². The standard InChI is InChI=1S/C14H21ClN2O3S/c1-10-13(15)5-4-6-14(10)21(19,20)17-9-12(18)7-11(17)8-16(2)3/h4-6,11-12,18H,7-9H2,1-3H3. The normalized spacial score (nSPS) is 23.9. The van der Waals surface area contributed by atoms with Crippen LogP contribution in [0.25, 0.3) is 0 Å². The number of halogens is 1. The van der Waals surface area contributed by atoms with Crippen molar-refractivity contribution in [1.29, 1.82) is 0 Å². The number of nitrogens with zero attached hydrogens (tertiary/aromatic N) is 2. The molecule has 1 aliphatic heterocycles. The summed E-state index contributed by atoms with van der Waals surface area (Å²) in [6.07, 6.45) is -0.166. The second kappa shape index (κ2) is 6.22. The molecule has 1 aromatic carbocycles. The molecule has 0 radical (unpaired) electrons. The molecule has 118 valence electrons. The Morgan fingerprint density at radius 2 is 2.10 bits per heavy atom. The average molecular weight is 333 g/mol. The van der Waals surface area contributed by atoms with Gasteiger partial charge in [-0.2, -0.15) is 4.31 Å². The number of aliphatic hydroxyl groups excluding tert-OH is 1. The van der Waals surface area contributed by atoms with Gasteiger partial charge >= 0.3 is 0 Å². The highest BCUT2D eigenvalue weighted by Crippen LogP contribution is 2.30. The van der Waals surface area contributed by atoms with Crippen molar-refractivity contribution >= 4 is 21.6 Å². The molecule has 1 fully saturated rings. The molecule has 1 heterocycles. The molecule has 21 heavy (non-hydrogen) atoms. The van der Waals surface area contributed by atoms with Crippen molar-refractivity contribution in [3.8, 4) is 0 Å². The van der Waals surface area contributed by atoms with Gasteiger partial charge in [0.1, 0.15) is 0 Å². The number of rotatable bonds is 4. The molecule has 1 saturated heterocycles. The zero-order chi connectivity index (χ0) is 15.8. The van der Waals surface area contributed by atoms with Crippen LogP contribution in [0.5, 0.6) is 0 Å². The first-order valence-electron chi connectivity index (χ1n) is 6.83. The molecule has 0 aliphatic carbocycles. The summed E-state index contributed by atoms with van der Waals surface area (Å²) in [6, 6.07) is 4.65. The fraction of sp³-hybridized carbons (Fsp3) is 0.571. The largest absolute Gasteiger partial charge is 0.392 e. The first-order chi connectivity index (χ1) is 9.73. The summed E-state index contributed by atoms with van der Waals surface area (Å²) < 4.78 is 27.2. The third kappa shape index (κ3) is 3.40. The van der Waals surface area contributed by atoms with Crippen LogP contribution in [0.4, 0.5) is 0 Å². The fourth-order valence-corrected chi connectivity index (χ4v) is 4.88. The zero-order valence-electron chi connectivity index (χ0n) is 12.5. The van der Waals surface area contributed by atoms with E-state index in [2.05, 4.69) is 0 Å². The number of aliphatic hydroxyl groups is 1. The summed E-state index contributed by atoms with van der Waals surface area (Å²) in [7, 11) is 0.121. The number of hydrogen-bond acceptors (Lipinski definition) is 4. The van der Waals surface area contributed by atoms with Crippen LogP contribution >= 0.6 is 11.6 Å². The Bertz CT molecular complexity index is 619. The monoisotopic (exact) mass is 332 g/mol. The topological polar surface area (TPSA) is 60.9 Å². The summed E-state index contributed by atoms with van der Waals surface area (Å²) in [5, 5.41) is 10.3. The van der Waals surface area contributed by atoms with Gasteiger partial charge in [0.2, 0.25) is 10.0 Å². The van der Waals surface area contributed by atoms with Crippen LogP contribution in [-0.4, -0.2) is 62.1 Å². The summed E-state index contributed by atoms with van der Waals surface area (Å²) >= 11 is 6.04. The van der Waals surface area contributed by atoms with Gasteiger partial charge in [0.15, 0.2) is 0 Å².